The van der Waals surface area contributed by atoms with Gasteiger partial charge in [0.25, 0.3) is 5.91 Å². The lowest BCUT2D eigenvalue weighted by Crippen LogP contribution is -2.52. The summed E-state index contributed by atoms with van der Waals surface area (Å²) in [6.45, 7) is 1.54. The van der Waals surface area contributed by atoms with Crippen LogP contribution in [0.2, 0.25) is 0 Å². The first-order valence-corrected chi connectivity index (χ1v) is 15.7. The number of thiazole rings is 1. The van der Waals surface area contributed by atoms with Gasteiger partial charge in [0.1, 0.15) is 10.8 Å². The predicted molar refractivity (Wildman–Crippen MR) is 169 cm³/mol. The van der Waals surface area contributed by atoms with Gasteiger partial charge in [-0.3, -0.25) is 9.59 Å². The van der Waals surface area contributed by atoms with Gasteiger partial charge in [-0.2, -0.15) is 0 Å². The second kappa shape index (κ2) is 10.3. The minimum Gasteiger partial charge on any atom is -0.341 e. The maximum Gasteiger partial charge on any atom is 0.252 e. The van der Waals surface area contributed by atoms with Gasteiger partial charge in [0.2, 0.25) is 0 Å². The van der Waals surface area contributed by atoms with Gasteiger partial charge in [-0.1, -0.05) is 31.1 Å². The number of benzene rings is 2. The van der Waals surface area contributed by atoms with Gasteiger partial charge in [-0.25, -0.2) is 9.97 Å². The van der Waals surface area contributed by atoms with E-state index < -0.39 is 5.54 Å². The number of imidazole rings is 1. The van der Waals surface area contributed by atoms with E-state index in [1.807, 2.05) is 49.0 Å². The molecule has 2 aromatic carbocycles. The maximum atomic E-state index is 13.9. The third-order valence-electron chi connectivity index (χ3n) is 9.30. The zero-order chi connectivity index (χ0) is 29.0. The van der Waals surface area contributed by atoms with E-state index in [9.17, 15) is 9.59 Å². The minimum atomic E-state index is -0.509. The number of fused-ring (bicyclic) bond motifs is 2. The molecule has 214 valence electrons. The number of ketones is 1. The van der Waals surface area contributed by atoms with Crippen molar-refractivity contribution in [1.29, 1.82) is 0 Å². The Morgan fingerprint density at radius 1 is 1.02 bits per heavy atom. The molecule has 5 aromatic rings. The molecule has 42 heavy (non-hydrogen) atoms. The fourth-order valence-electron chi connectivity index (χ4n) is 7.02. The van der Waals surface area contributed by atoms with Gasteiger partial charge in [-0.15, -0.1) is 11.3 Å². The molecule has 0 saturated heterocycles. The van der Waals surface area contributed by atoms with Crippen molar-refractivity contribution in [2.75, 3.05) is 0 Å². The van der Waals surface area contributed by atoms with Gasteiger partial charge < -0.3 is 14.5 Å². The van der Waals surface area contributed by atoms with E-state index in [1.165, 1.54) is 42.3 Å². The van der Waals surface area contributed by atoms with Crippen LogP contribution in [0.5, 0.6) is 0 Å². The van der Waals surface area contributed by atoms with Gasteiger partial charge in [0.05, 0.1) is 22.3 Å². The second-order valence-electron chi connectivity index (χ2n) is 11.9. The van der Waals surface area contributed by atoms with E-state index >= 15 is 0 Å². The number of carbonyl (C=O) groups excluding carboxylic acids is 2. The molecule has 2 saturated carbocycles. The smallest absolute Gasteiger partial charge is 0.252 e. The summed E-state index contributed by atoms with van der Waals surface area (Å²) in [5.41, 5.74) is 6.60. The first-order chi connectivity index (χ1) is 20.3. The molecule has 3 heterocycles. The van der Waals surface area contributed by atoms with Crippen LogP contribution in [0, 0.1) is 0 Å². The van der Waals surface area contributed by atoms with Crippen LogP contribution in [-0.2, 0) is 24.4 Å². The first kappa shape index (κ1) is 26.8. The average Bonchev–Trinajstić information content (AvgIpc) is 3.77. The van der Waals surface area contributed by atoms with Gasteiger partial charge in [0, 0.05) is 42.1 Å². The van der Waals surface area contributed by atoms with Gasteiger partial charge in [-0.05, 0) is 86.4 Å². The van der Waals surface area contributed by atoms with Crippen molar-refractivity contribution < 1.29 is 9.59 Å². The highest BCUT2D eigenvalue weighted by molar-refractivity contribution is 7.13. The summed E-state index contributed by atoms with van der Waals surface area (Å²) in [4.78, 5) is 35.0. The van der Waals surface area contributed by atoms with Crippen LogP contribution in [0.3, 0.4) is 0 Å². The highest BCUT2D eigenvalue weighted by atomic mass is 32.1. The monoisotopic (exact) mass is 577 g/mol. The van der Waals surface area contributed by atoms with E-state index in [0.717, 1.165) is 52.2 Å². The number of allylic oxidation sites excluding steroid dienone is 1. The van der Waals surface area contributed by atoms with Gasteiger partial charge >= 0.3 is 0 Å². The standard InChI is InChI=1S/C34H35N5O2S/c1-21(40)9-10-22-11-14-27-26(19-22)36-33(39(27)3)34(15-6-16-34)37-31(41)24-12-13-25-28(20-24)38(2)30(32-35-17-18-42-32)29(25)23-7-4-5-8-23/h9-14,17-20,23H,4-8,15-16H2,1-3H3,(H,37,41)/b10-9+. The van der Waals surface area contributed by atoms with E-state index in [1.54, 1.807) is 24.3 Å². The summed E-state index contributed by atoms with van der Waals surface area (Å²) in [7, 11) is 4.12. The molecule has 0 atom stereocenters. The molecule has 2 aliphatic carbocycles. The second-order valence-corrected chi connectivity index (χ2v) is 12.8. The summed E-state index contributed by atoms with van der Waals surface area (Å²) in [5.74, 6) is 1.34. The van der Waals surface area contributed by atoms with E-state index in [-0.39, 0.29) is 11.7 Å². The predicted octanol–water partition coefficient (Wildman–Crippen LogP) is 7.26. The number of rotatable bonds is 7. The van der Waals surface area contributed by atoms with Crippen molar-refractivity contribution in [3.8, 4) is 10.7 Å². The molecule has 0 radical (unpaired) electrons. The molecule has 0 unspecified atom stereocenters. The Bertz CT molecular complexity index is 1870. The van der Waals surface area contributed by atoms with Crippen LogP contribution in [0.15, 0.2) is 54.1 Å². The molecule has 7 rings (SSSR count). The first-order valence-electron chi connectivity index (χ1n) is 14.8. The Hall–Kier alpha value is -4.04. The Morgan fingerprint density at radius 2 is 1.83 bits per heavy atom. The Labute approximate surface area is 249 Å². The Balaban J connectivity index is 1.24. The van der Waals surface area contributed by atoms with Crippen molar-refractivity contribution in [1.82, 2.24) is 24.4 Å². The van der Waals surface area contributed by atoms with Crippen LogP contribution in [-0.4, -0.2) is 30.8 Å². The summed E-state index contributed by atoms with van der Waals surface area (Å²) >= 11 is 1.67. The molecule has 3 aromatic heterocycles. The lowest BCUT2D eigenvalue weighted by molar-refractivity contribution is -0.112. The zero-order valence-electron chi connectivity index (χ0n) is 24.3. The molecule has 7 nitrogen and oxygen atoms in total. The van der Waals surface area contributed by atoms with Crippen LogP contribution in [0.1, 0.15) is 85.1 Å². The van der Waals surface area contributed by atoms with Crippen molar-refractivity contribution in [2.45, 2.75) is 63.3 Å². The van der Waals surface area contributed by atoms with Crippen molar-refractivity contribution in [2.24, 2.45) is 14.1 Å². The topological polar surface area (TPSA) is 81.8 Å². The summed E-state index contributed by atoms with van der Waals surface area (Å²) in [6, 6.07) is 12.2. The van der Waals surface area contributed by atoms with Crippen molar-refractivity contribution in [3.05, 3.63) is 76.6 Å². The lowest BCUT2D eigenvalue weighted by Gasteiger charge is -2.41. The Kier molecular flexibility index (Phi) is 6.61. The number of aryl methyl sites for hydroxylation is 2. The zero-order valence-corrected chi connectivity index (χ0v) is 25.1. The highest BCUT2D eigenvalue weighted by Gasteiger charge is 2.44. The summed E-state index contributed by atoms with van der Waals surface area (Å²) in [5, 5.41) is 7.71. The molecular formula is C34H35N5O2S. The number of hydrogen-bond acceptors (Lipinski definition) is 5. The van der Waals surface area contributed by atoms with Crippen LogP contribution < -0.4 is 5.32 Å². The van der Waals surface area contributed by atoms with E-state index in [2.05, 4.69) is 38.6 Å². The Morgan fingerprint density at radius 3 is 2.52 bits per heavy atom. The SMILES string of the molecule is CC(=O)/C=C/c1ccc2c(c1)nc(C1(NC(=O)c3ccc4c(C5CCCC5)c(-c5nccs5)n(C)c4c3)CCC1)n2C. The summed E-state index contributed by atoms with van der Waals surface area (Å²) in [6.07, 6.45) is 12.9. The fourth-order valence-corrected chi connectivity index (χ4v) is 7.75. The number of nitrogens with zero attached hydrogens (tertiary/aromatic N) is 4. The van der Waals surface area contributed by atoms with E-state index in [0.29, 0.717) is 11.5 Å². The molecule has 1 amide bonds. The maximum absolute atomic E-state index is 13.9. The lowest BCUT2D eigenvalue weighted by atomic mass is 9.75. The molecule has 0 aliphatic heterocycles. The number of amides is 1. The fraction of sp³-hybridized carbons (Fsp3) is 0.353. The highest BCUT2D eigenvalue weighted by Crippen LogP contribution is 2.45. The molecule has 0 spiro atoms. The third kappa shape index (κ3) is 4.40. The quantitative estimate of drug-likeness (QED) is 0.207. The van der Waals surface area contributed by atoms with Gasteiger partial charge in [0.15, 0.2) is 5.78 Å². The molecule has 0 bridgehead atoms. The number of aromatic nitrogens is 4. The number of hydrogen-bond donors (Lipinski definition) is 1. The third-order valence-corrected chi connectivity index (χ3v) is 10.1. The van der Waals surface area contributed by atoms with Crippen LogP contribution in [0.4, 0.5) is 0 Å². The number of nitrogens with one attached hydrogen (secondary N) is 1. The normalized spacial score (nSPS) is 16.9. The molecule has 2 fully saturated rings. The van der Waals surface area contributed by atoms with Crippen LogP contribution >= 0.6 is 11.3 Å². The molecule has 8 heteroatoms. The largest absolute Gasteiger partial charge is 0.341 e. The van der Waals surface area contributed by atoms with Crippen molar-refractivity contribution in [3.63, 3.8) is 0 Å². The van der Waals surface area contributed by atoms with Crippen molar-refractivity contribution >= 4 is 51.0 Å². The summed E-state index contributed by atoms with van der Waals surface area (Å²) < 4.78 is 4.34. The molecular weight excluding hydrogens is 542 g/mol. The average molecular weight is 578 g/mol. The molecule has 2 aliphatic rings. The van der Waals surface area contributed by atoms with E-state index in [4.69, 9.17) is 4.98 Å². The number of carbonyl (C=O) groups is 2. The molecule has 1 N–H and O–H groups in total. The van der Waals surface area contributed by atoms with Crippen LogP contribution in [0.25, 0.3) is 38.7 Å². The minimum absolute atomic E-state index is 0.00985.